The van der Waals surface area contributed by atoms with E-state index in [4.69, 9.17) is 5.73 Å². The summed E-state index contributed by atoms with van der Waals surface area (Å²) in [5.74, 6) is -4.48. The Morgan fingerprint density at radius 3 is 2.52 bits per heavy atom. The Morgan fingerprint density at radius 2 is 1.93 bits per heavy atom. The van der Waals surface area contributed by atoms with Crippen LogP contribution in [0.5, 0.6) is 0 Å². The Bertz CT molecular complexity index is 922. The van der Waals surface area contributed by atoms with Crippen LogP contribution < -0.4 is 11.2 Å². The van der Waals surface area contributed by atoms with Gasteiger partial charge in [0, 0.05) is 11.6 Å². The van der Waals surface area contributed by atoms with Crippen molar-refractivity contribution in [2.45, 2.75) is 25.6 Å². The number of fused-ring (bicyclic) bond motifs is 1. The van der Waals surface area contributed by atoms with Crippen LogP contribution in [0.4, 0.5) is 17.6 Å². The van der Waals surface area contributed by atoms with Crippen molar-refractivity contribution in [1.29, 1.82) is 0 Å². The number of alkyl halides is 4. The summed E-state index contributed by atoms with van der Waals surface area (Å²) < 4.78 is 54.6. The molecule has 0 amide bonds. The molecule has 0 aliphatic rings. The summed E-state index contributed by atoms with van der Waals surface area (Å²) in [6.45, 7) is -0.675. The number of nitrogens with two attached hydrogens (primary N) is 1. The SMILES string of the molecule is NCCCc1ccc2c(c1)c(=O)c(C(=O)OC(=O)C(F)(F)F)cn2CCF. The summed E-state index contributed by atoms with van der Waals surface area (Å²) in [7, 11) is 0. The predicted octanol–water partition coefficient (Wildman–Crippen LogP) is 2.11. The number of ether oxygens (including phenoxy) is 1. The molecular weight excluding hydrogens is 372 g/mol. The second-order valence-electron chi connectivity index (χ2n) is 5.67. The molecular formula is C17H16F4N2O4. The fraction of sp³-hybridized carbons (Fsp3) is 0.353. The van der Waals surface area contributed by atoms with Crippen molar-refractivity contribution in [1.82, 2.24) is 4.57 Å². The highest BCUT2D eigenvalue weighted by atomic mass is 19.4. The van der Waals surface area contributed by atoms with Crippen LogP contribution in [-0.4, -0.2) is 35.9 Å². The third-order valence-electron chi connectivity index (χ3n) is 3.78. The van der Waals surface area contributed by atoms with E-state index in [2.05, 4.69) is 4.74 Å². The van der Waals surface area contributed by atoms with Crippen LogP contribution in [0.1, 0.15) is 22.3 Å². The number of nitrogens with zero attached hydrogens (tertiary/aromatic N) is 1. The maximum absolute atomic E-state index is 12.8. The summed E-state index contributed by atoms with van der Waals surface area (Å²) in [5.41, 5.74) is 4.76. The van der Waals surface area contributed by atoms with E-state index >= 15 is 0 Å². The van der Waals surface area contributed by atoms with Gasteiger partial charge in [-0.15, -0.1) is 0 Å². The molecule has 2 N–H and O–H groups in total. The third-order valence-corrected chi connectivity index (χ3v) is 3.78. The van der Waals surface area contributed by atoms with Crippen molar-refractivity contribution in [3.05, 3.63) is 45.7 Å². The summed E-state index contributed by atoms with van der Waals surface area (Å²) >= 11 is 0. The lowest BCUT2D eigenvalue weighted by molar-refractivity contribution is -0.193. The molecule has 1 aromatic carbocycles. The van der Waals surface area contributed by atoms with Crippen LogP contribution in [0, 0.1) is 0 Å². The average Bonchev–Trinajstić information content (AvgIpc) is 2.61. The fourth-order valence-corrected chi connectivity index (χ4v) is 2.52. The Labute approximate surface area is 150 Å². The lowest BCUT2D eigenvalue weighted by Gasteiger charge is -2.13. The fourth-order valence-electron chi connectivity index (χ4n) is 2.52. The molecule has 1 heterocycles. The number of carbonyl (C=O) groups is 2. The van der Waals surface area contributed by atoms with E-state index < -0.39 is 35.8 Å². The standard InChI is InChI=1S/C17H16F4N2O4/c18-5-7-23-9-12(15(25)27-16(26)17(19,20)21)14(24)11-8-10(2-1-6-22)3-4-13(11)23/h3-4,8-9H,1-2,5-7,22H2. The smallest absolute Gasteiger partial charge is 0.382 e. The molecule has 6 nitrogen and oxygen atoms in total. The normalized spacial score (nSPS) is 11.6. The van der Waals surface area contributed by atoms with E-state index in [1.165, 1.54) is 10.6 Å². The van der Waals surface area contributed by atoms with Crippen LogP contribution in [0.15, 0.2) is 29.2 Å². The first-order valence-electron chi connectivity index (χ1n) is 7.94. The quantitative estimate of drug-likeness (QED) is 0.465. The van der Waals surface area contributed by atoms with Gasteiger partial charge in [-0.3, -0.25) is 4.79 Å². The first kappa shape index (κ1) is 20.6. The largest absolute Gasteiger partial charge is 0.491 e. The molecule has 27 heavy (non-hydrogen) atoms. The van der Waals surface area contributed by atoms with Crippen LogP contribution in [-0.2, 0) is 22.5 Å². The molecule has 146 valence electrons. The van der Waals surface area contributed by atoms with Crippen LogP contribution in [0.3, 0.4) is 0 Å². The number of hydrogen-bond acceptors (Lipinski definition) is 5. The van der Waals surface area contributed by atoms with Gasteiger partial charge in [-0.1, -0.05) is 6.07 Å². The number of halogens is 4. The summed E-state index contributed by atoms with van der Waals surface area (Å²) in [6.07, 6.45) is -3.34. The molecule has 10 heteroatoms. The summed E-state index contributed by atoms with van der Waals surface area (Å²) in [4.78, 5) is 35.3. The Morgan fingerprint density at radius 1 is 1.22 bits per heavy atom. The molecule has 2 aromatic rings. The van der Waals surface area contributed by atoms with Gasteiger partial charge >= 0.3 is 18.1 Å². The van der Waals surface area contributed by atoms with Gasteiger partial charge < -0.3 is 15.0 Å². The number of aromatic nitrogens is 1. The minimum absolute atomic E-state index is 0.00637. The van der Waals surface area contributed by atoms with Crippen LogP contribution in [0.2, 0.25) is 0 Å². The van der Waals surface area contributed by atoms with Gasteiger partial charge in [0.2, 0.25) is 5.43 Å². The van der Waals surface area contributed by atoms with Gasteiger partial charge in [0.1, 0.15) is 12.2 Å². The number of carbonyl (C=O) groups excluding carboxylic acids is 2. The average molecular weight is 388 g/mol. The molecule has 0 unspecified atom stereocenters. The highest BCUT2D eigenvalue weighted by molar-refractivity contribution is 6.00. The van der Waals surface area contributed by atoms with Gasteiger partial charge in [0.15, 0.2) is 0 Å². The van der Waals surface area contributed by atoms with Crippen molar-refractivity contribution in [2.75, 3.05) is 13.2 Å². The molecule has 1 aromatic heterocycles. The molecule has 0 aliphatic carbocycles. The van der Waals surface area contributed by atoms with Crippen molar-refractivity contribution in [3.63, 3.8) is 0 Å². The van der Waals surface area contributed by atoms with Crippen LogP contribution in [0.25, 0.3) is 10.9 Å². The third kappa shape index (κ3) is 4.70. The number of hydrogen-bond donors (Lipinski definition) is 1. The van der Waals surface area contributed by atoms with E-state index in [-0.39, 0.29) is 11.9 Å². The molecule has 0 atom stereocenters. The number of aryl methyl sites for hydroxylation is 2. The van der Waals surface area contributed by atoms with Gasteiger partial charge in [-0.05, 0) is 37.1 Å². The van der Waals surface area contributed by atoms with E-state index in [1.54, 1.807) is 12.1 Å². The topological polar surface area (TPSA) is 91.4 Å². The highest BCUT2D eigenvalue weighted by Gasteiger charge is 2.43. The van der Waals surface area contributed by atoms with Crippen LogP contribution >= 0.6 is 0 Å². The second-order valence-corrected chi connectivity index (χ2v) is 5.67. The zero-order chi connectivity index (χ0) is 20.2. The van der Waals surface area contributed by atoms with Crippen molar-refractivity contribution < 1.29 is 31.9 Å². The predicted molar refractivity (Wildman–Crippen MR) is 88.0 cm³/mol. The van der Waals surface area contributed by atoms with Gasteiger partial charge in [-0.25, -0.2) is 14.0 Å². The monoisotopic (exact) mass is 388 g/mol. The minimum Gasteiger partial charge on any atom is -0.382 e. The first-order chi connectivity index (χ1) is 12.7. The molecule has 0 spiro atoms. The zero-order valence-corrected chi connectivity index (χ0v) is 14.0. The first-order valence-corrected chi connectivity index (χ1v) is 7.94. The Hall–Kier alpha value is -2.75. The molecule has 0 aliphatic heterocycles. The van der Waals surface area contributed by atoms with E-state index in [1.807, 2.05) is 0 Å². The molecule has 0 saturated carbocycles. The number of pyridine rings is 1. The maximum atomic E-state index is 12.8. The van der Waals surface area contributed by atoms with Crippen molar-refractivity contribution in [2.24, 2.45) is 5.73 Å². The zero-order valence-electron chi connectivity index (χ0n) is 14.0. The molecule has 0 bridgehead atoms. The lowest BCUT2D eigenvalue weighted by atomic mass is 10.0. The second kappa shape index (κ2) is 8.30. The van der Waals surface area contributed by atoms with Gasteiger partial charge in [-0.2, -0.15) is 13.2 Å². The molecule has 0 saturated heterocycles. The highest BCUT2D eigenvalue weighted by Crippen LogP contribution is 2.19. The Kier molecular flexibility index (Phi) is 6.32. The summed E-state index contributed by atoms with van der Waals surface area (Å²) in [6, 6.07) is 4.72. The van der Waals surface area contributed by atoms with E-state index in [0.29, 0.717) is 30.5 Å². The molecule has 0 fully saturated rings. The number of rotatable bonds is 6. The van der Waals surface area contributed by atoms with Crippen molar-refractivity contribution in [3.8, 4) is 0 Å². The van der Waals surface area contributed by atoms with Gasteiger partial charge in [0.05, 0.1) is 12.1 Å². The van der Waals surface area contributed by atoms with Crippen molar-refractivity contribution >= 4 is 22.8 Å². The molecule has 2 rings (SSSR count). The minimum atomic E-state index is -5.39. The number of benzene rings is 1. The summed E-state index contributed by atoms with van der Waals surface area (Å²) in [5, 5.41) is 0.00637. The van der Waals surface area contributed by atoms with E-state index in [0.717, 1.165) is 6.20 Å². The van der Waals surface area contributed by atoms with Gasteiger partial charge in [0.25, 0.3) is 0 Å². The maximum Gasteiger partial charge on any atom is 0.491 e. The molecule has 0 radical (unpaired) electrons. The number of esters is 2. The van der Waals surface area contributed by atoms with E-state index in [9.17, 15) is 31.9 Å². The Balaban J connectivity index is 2.55. The lowest BCUT2D eigenvalue weighted by Crippen LogP contribution is -2.30.